The van der Waals surface area contributed by atoms with Crippen LogP contribution in [0.25, 0.3) is 0 Å². The number of hydrogen-bond donors (Lipinski definition) is 1. The second kappa shape index (κ2) is 7.21. The van der Waals surface area contributed by atoms with Gasteiger partial charge in [0, 0.05) is 12.6 Å². The molecule has 0 radical (unpaired) electrons. The van der Waals surface area contributed by atoms with Crippen molar-refractivity contribution >= 4 is 0 Å². The third-order valence-corrected chi connectivity index (χ3v) is 3.00. The minimum Gasteiger partial charge on any atom is -0.314 e. The van der Waals surface area contributed by atoms with Crippen LogP contribution in [0.2, 0.25) is 0 Å². The number of unbranched alkanes of at least 4 members (excludes halogenated alkanes) is 2. The Balaban J connectivity index is 1.83. The van der Waals surface area contributed by atoms with Crippen molar-refractivity contribution in [2.45, 2.75) is 50.7 Å². The summed E-state index contributed by atoms with van der Waals surface area (Å²) in [6.45, 7) is 1.93. The molecular weight excluding hydrogens is 229 g/mol. The zero-order valence-corrected chi connectivity index (χ0v) is 10.5. The van der Waals surface area contributed by atoms with Gasteiger partial charge in [0.05, 0.1) is 6.42 Å². The van der Waals surface area contributed by atoms with Crippen LogP contribution in [0.15, 0.2) is 0 Å². The highest BCUT2D eigenvalue weighted by atomic mass is 19.4. The van der Waals surface area contributed by atoms with E-state index in [0.717, 1.165) is 38.4 Å². The molecule has 1 fully saturated rings. The summed E-state index contributed by atoms with van der Waals surface area (Å²) in [6, 6.07) is 0.754. The third-order valence-electron chi connectivity index (χ3n) is 3.00. The Morgan fingerprint density at radius 1 is 1.12 bits per heavy atom. The predicted molar refractivity (Wildman–Crippen MR) is 63.0 cm³/mol. The Morgan fingerprint density at radius 3 is 2.41 bits per heavy atom. The lowest BCUT2D eigenvalue weighted by Crippen LogP contribution is -2.25. The lowest BCUT2D eigenvalue weighted by atomic mass is 10.2. The number of halogens is 3. The van der Waals surface area contributed by atoms with Crippen LogP contribution in [0.3, 0.4) is 0 Å². The van der Waals surface area contributed by atoms with Crippen molar-refractivity contribution in [3.8, 4) is 0 Å². The molecule has 0 unspecified atom stereocenters. The fourth-order valence-electron chi connectivity index (χ4n) is 1.71. The molecule has 102 valence electrons. The molecule has 1 N–H and O–H groups in total. The van der Waals surface area contributed by atoms with Gasteiger partial charge < -0.3 is 10.2 Å². The molecule has 0 aromatic carbocycles. The molecule has 0 spiro atoms. The van der Waals surface area contributed by atoms with Gasteiger partial charge in [0.2, 0.25) is 0 Å². The fraction of sp³-hybridized carbons (Fsp3) is 1.00. The molecule has 2 nitrogen and oxygen atoms in total. The van der Waals surface area contributed by atoms with Crippen LogP contribution in [-0.2, 0) is 0 Å². The first kappa shape index (κ1) is 14.8. The summed E-state index contributed by atoms with van der Waals surface area (Å²) in [5.41, 5.74) is 0. The van der Waals surface area contributed by atoms with E-state index in [-0.39, 0.29) is 6.54 Å². The summed E-state index contributed by atoms with van der Waals surface area (Å²) in [6.07, 6.45) is 1.09. The van der Waals surface area contributed by atoms with E-state index in [1.807, 2.05) is 0 Å². The summed E-state index contributed by atoms with van der Waals surface area (Å²) in [5, 5.41) is 3.43. The molecule has 0 aliphatic heterocycles. The summed E-state index contributed by atoms with van der Waals surface area (Å²) < 4.78 is 35.9. The lowest BCUT2D eigenvalue weighted by molar-refractivity contribution is -0.137. The van der Waals surface area contributed by atoms with Gasteiger partial charge in [-0.25, -0.2) is 0 Å². The maximum absolute atomic E-state index is 12.0. The van der Waals surface area contributed by atoms with Crippen LogP contribution in [0, 0.1) is 0 Å². The number of rotatable bonds is 9. The topological polar surface area (TPSA) is 15.3 Å². The monoisotopic (exact) mass is 252 g/mol. The summed E-state index contributed by atoms with van der Waals surface area (Å²) in [5.74, 6) is 0. The van der Waals surface area contributed by atoms with E-state index in [1.54, 1.807) is 11.9 Å². The van der Waals surface area contributed by atoms with Gasteiger partial charge in [-0.05, 0) is 45.8 Å². The molecule has 0 saturated heterocycles. The quantitative estimate of drug-likeness (QED) is 0.635. The van der Waals surface area contributed by atoms with Crippen LogP contribution in [0.4, 0.5) is 13.2 Å². The van der Waals surface area contributed by atoms with E-state index >= 15 is 0 Å². The first-order chi connectivity index (χ1) is 7.97. The maximum Gasteiger partial charge on any atom is 0.390 e. The second-order valence-corrected chi connectivity index (χ2v) is 4.96. The van der Waals surface area contributed by atoms with Crippen LogP contribution < -0.4 is 5.32 Å². The van der Waals surface area contributed by atoms with Crippen LogP contribution in [0.1, 0.15) is 38.5 Å². The summed E-state index contributed by atoms with van der Waals surface area (Å²) in [7, 11) is 1.76. The minimum atomic E-state index is -4.03. The highest BCUT2D eigenvalue weighted by molar-refractivity contribution is 4.80. The van der Waals surface area contributed by atoms with Crippen molar-refractivity contribution in [1.29, 1.82) is 0 Å². The SMILES string of the molecule is CN(CCCCCNC1CC1)CCC(F)(F)F. The van der Waals surface area contributed by atoms with Crippen molar-refractivity contribution in [3.05, 3.63) is 0 Å². The molecule has 5 heteroatoms. The normalized spacial score (nSPS) is 16.8. The van der Waals surface area contributed by atoms with Gasteiger partial charge in [-0.2, -0.15) is 13.2 Å². The van der Waals surface area contributed by atoms with Crippen molar-refractivity contribution in [2.75, 3.05) is 26.7 Å². The Morgan fingerprint density at radius 2 is 1.82 bits per heavy atom. The van der Waals surface area contributed by atoms with E-state index in [0.29, 0.717) is 0 Å². The molecule has 0 aromatic heterocycles. The molecule has 0 aromatic rings. The van der Waals surface area contributed by atoms with Gasteiger partial charge in [-0.3, -0.25) is 0 Å². The number of alkyl halides is 3. The average molecular weight is 252 g/mol. The van der Waals surface area contributed by atoms with E-state index in [2.05, 4.69) is 5.32 Å². The summed E-state index contributed by atoms with van der Waals surface area (Å²) >= 11 is 0. The maximum atomic E-state index is 12.0. The van der Waals surface area contributed by atoms with Gasteiger partial charge in [0.1, 0.15) is 0 Å². The van der Waals surface area contributed by atoms with Crippen molar-refractivity contribution < 1.29 is 13.2 Å². The number of nitrogens with one attached hydrogen (secondary N) is 1. The Kier molecular flexibility index (Phi) is 6.27. The van der Waals surface area contributed by atoms with Crippen LogP contribution in [0.5, 0.6) is 0 Å². The zero-order chi connectivity index (χ0) is 12.7. The molecule has 0 atom stereocenters. The molecular formula is C12H23F3N2. The predicted octanol–water partition coefficient (Wildman–Crippen LogP) is 2.79. The van der Waals surface area contributed by atoms with Crippen molar-refractivity contribution in [1.82, 2.24) is 10.2 Å². The highest BCUT2D eigenvalue weighted by Crippen LogP contribution is 2.19. The zero-order valence-electron chi connectivity index (χ0n) is 10.5. The largest absolute Gasteiger partial charge is 0.390 e. The van der Waals surface area contributed by atoms with Gasteiger partial charge >= 0.3 is 6.18 Å². The van der Waals surface area contributed by atoms with Crippen LogP contribution in [-0.4, -0.2) is 43.8 Å². The Bertz CT molecular complexity index is 202. The van der Waals surface area contributed by atoms with Crippen LogP contribution >= 0.6 is 0 Å². The smallest absolute Gasteiger partial charge is 0.314 e. The van der Waals surface area contributed by atoms with E-state index in [9.17, 15) is 13.2 Å². The van der Waals surface area contributed by atoms with E-state index in [1.165, 1.54) is 12.8 Å². The van der Waals surface area contributed by atoms with E-state index < -0.39 is 12.6 Å². The van der Waals surface area contributed by atoms with Gasteiger partial charge in [0.25, 0.3) is 0 Å². The highest BCUT2D eigenvalue weighted by Gasteiger charge is 2.26. The van der Waals surface area contributed by atoms with Crippen molar-refractivity contribution in [2.24, 2.45) is 0 Å². The van der Waals surface area contributed by atoms with Gasteiger partial charge in [-0.15, -0.1) is 0 Å². The molecule has 0 bridgehead atoms. The first-order valence-electron chi connectivity index (χ1n) is 6.46. The first-order valence-corrected chi connectivity index (χ1v) is 6.46. The minimum absolute atomic E-state index is 0.115. The molecule has 1 rings (SSSR count). The lowest BCUT2D eigenvalue weighted by Gasteiger charge is -2.17. The Hall–Kier alpha value is -0.290. The molecule has 17 heavy (non-hydrogen) atoms. The van der Waals surface area contributed by atoms with Crippen molar-refractivity contribution in [3.63, 3.8) is 0 Å². The van der Waals surface area contributed by atoms with Gasteiger partial charge in [0.15, 0.2) is 0 Å². The summed E-state index contributed by atoms with van der Waals surface area (Å²) in [4.78, 5) is 1.77. The molecule has 1 saturated carbocycles. The second-order valence-electron chi connectivity index (χ2n) is 4.96. The number of nitrogens with zero attached hydrogens (tertiary/aromatic N) is 1. The number of hydrogen-bond acceptors (Lipinski definition) is 2. The molecule has 0 amide bonds. The molecule has 1 aliphatic carbocycles. The third kappa shape index (κ3) is 9.41. The Labute approximate surface area is 102 Å². The average Bonchev–Trinajstić information content (AvgIpc) is 3.03. The molecule has 1 aliphatic rings. The van der Waals surface area contributed by atoms with Gasteiger partial charge in [-0.1, -0.05) is 6.42 Å². The fourth-order valence-corrected chi connectivity index (χ4v) is 1.71. The standard InChI is InChI=1S/C12H23F3N2/c1-17(10-7-12(13,14)15)9-4-2-3-8-16-11-5-6-11/h11,16H,2-10H2,1H3. The van der Waals surface area contributed by atoms with E-state index in [4.69, 9.17) is 0 Å². The molecule has 0 heterocycles.